The van der Waals surface area contributed by atoms with Gasteiger partial charge in [-0.25, -0.2) is 9.97 Å². The first-order valence-corrected chi connectivity index (χ1v) is 13.3. The summed E-state index contributed by atoms with van der Waals surface area (Å²) in [5, 5.41) is 1.08. The Bertz CT molecular complexity index is 2020. The third-order valence-electron chi connectivity index (χ3n) is 7.45. The van der Waals surface area contributed by atoms with E-state index in [0.717, 1.165) is 56.2 Å². The second kappa shape index (κ2) is 9.03. The van der Waals surface area contributed by atoms with E-state index in [1.165, 1.54) is 11.1 Å². The topological polar surface area (TPSA) is 46.8 Å². The highest BCUT2D eigenvalue weighted by atomic mass is 15.2. The molecule has 7 aromatic rings. The molecular formula is C35H23N5. The normalized spacial score (nSPS) is 12.3. The predicted molar refractivity (Wildman–Crippen MR) is 163 cm³/mol. The van der Waals surface area contributed by atoms with Crippen molar-refractivity contribution in [1.82, 2.24) is 19.5 Å². The molecule has 0 aliphatic carbocycles. The summed E-state index contributed by atoms with van der Waals surface area (Å²) in [7, 11) is 0. The zero-order chi connectivity index (χ0) is 26.5. The number of hydrogen-bond donors (Lipinski definition) is 0. The van der Waals surface area contributed by atoms with Crippen LogP contribution in [0.1, 0.15) is 11.1 Å². The summed E-state index contributed by atoms with van der Waals surface area (Å²) < 4.78 is 2.13. The van der Waals surface area contributed by atoms with Crippen molar-refractivity contribution in [2.45, 2.75) is 0 Å². The van der Waals surface area contributed by atoms with Gasteiger partial charge in [-0.05, 0) is 71.8 Å². The number of benzene rings is 4. The molecule has 0 saturated heterocycles. The summed E-state index contributed by atoms with van der Waals surface area (Å²) in [6.07, 6.45) is 8.03. The monoisotopic (exact) mass is 513 g/mol. The van der Waals surface area contributed by atoms with Crippen LogP contribution in [0.3, 0.4) is 0 Å². The number of para-hydroxylation sites is 3. The lowest BCUT2D eigenvalue weighted by atomic mass is 10.1. The number of rotatable bonds is 3. The predicted octanol–water partition coefficient (Wildman–Crippen LogP) is 8.59. The van der Waals surface area contributed by atoms with Gasteiger partial charge >= 0.3 is 0 Å². The van der Waals surface area contributed by atoms with E-state index >= 15 is 0 Å². The Hall–Kier alpha value is -5.55. The van der Waals surface area contributed by atoms with Crippen LogP contribution in [0.4, 0.5) is 17.1 Å². The molecule has 0 fully saturated rings. The fourth-order valence-electron chi connectivity index (χ4n) is 5.61. The molecule has 5 nitrogen and oxygen atoms in total. The zero-order valence-corrected chi connectivity index (χ0v) is 21.5. The maximum atomic E-state index is 5.04. The molecule has 1 aliphatic rings. The lowest BCUT2D eigenvalue weighted by molar-refractivity contribution is 1.08. The molecule has 0 N–H and O–H groups in total. The van der Waals surface area contributed by atoms with Gasteiger partial charge in [-0.15, -0.1) is 0 Å². The van der Waals surface area contributed by atoms with Crippen molar-refractivity contribution in [2.75, 3.05) is 4.90 Å². The van der Waals surface area contributed by atoms with E-state index in [1.54, 1.807) is 0 Å². The molecular weight excluding hydrogens is 490 g/mol. The standard InChI is InChI=1S/C35H23N5/c1-3-13-30-24(8-1)16-17-25-9-2-4-14-31(25)39(30)28-20-18-27(19-21-28)34-38-29-12-7-23-37-35(29)40(34)32-15-5-10-26-11-6-22-36-33(26)32/h1-23H. The molecule has 1 aliphatic heterocycles. The van der Waals surface area contributed by atoms with Gasteiger partial charge < -0.3 is 4.90 Å². The summed E-state index contributed by atoms with van der Waals surface area (Å²) in [5.41, 5.74) is 10.3. The number of aromatic nitrogens is 4. The van der Waals surface area contributed by atoms with Gasteiger partial charge in [0, 0.05) is 29.0 Å². The molecule has 5 heteroatoms. The van der Waals surface area contributed by atoms with Crippen molar-refractivity contribution >= 4 is 51.3 Å². The molecule has 188 valence electrons. The van der Waals surface area contributed by atoms with Crippen LogP contribution in [0.2, 0.25) is 0 Å². The molecule has 0 spiro atoms. The first-order chi connectivity index (χ1) is 19.8. The number of pyridine rings is 2. The molecule has 4 heterocycles. The van der Waals surface area contributed by atoms with E-state index in [1.807, 2.05) is 30.6 Å². The second-order valence-corrected chi connectivity index (χ2v) is 9.80. The second-order valence-electron chi connectivity index (χ2n) is 9.80. The molecule has 0 unspecified atom stereocenters. The van der Waals surface area contributed by atoms with Crippen molar-refractivity contribution in [3.63, 3.8) is 0 Å². The fourth-order valence-corrected chi connectivity index (χ4v) is 5.61. The Morgan fingerprint density at radius 2 is 1.18 bits per heavy atom. The lowest BCUT2D eigenvalue weighted by Crippen LogP contribution is -2.11. The Morgan fingerprint density at radius 1 is 0.525 bits per heavy atom. The highest BCUT2D eigenvalue weighted by Crippen LogP contribution is 2.42. The van der Waals surface area contributed by atoms with E-state index in [0.29, 0.717) is 0 Å². The van der Waals surface area contributed by atoms with Gasteiger partial charge in [0.15, 0.2) is 5.65 Å². The zero-order valence-electron chi connectivity index (χ0n) is 21.5. The number of hydrogen-bond acceptors (Lipinski definition) is 4. The van der Waals surface area contributed by atoms with Crippen molar-refractivity contribution in [3.8, 4) is 17.1 Å². The van der Waals surface area contributed by atoms with Crippen molar-refractivity contribution in [2.24, 2.45) is 0 Å². The van der Waals surface area contributed by atoms with Crippen LogP contribution in [0.25, 0.3) is 51.3 Å². The molecule has 0 amide bonds. The minimum Gasteiger partial charge on any atom is -0.309 e. The van der Waals surface area contributed by atoms with Gasteiger partial charge in [-0.3, -0.25) is 9.55 Å². The molecule has 0 atom stereocenters. The van der Waals surface area contributed by atoms with Crippen LogP contribution in [-0.2, 0) is 0 Å². The SMILES string of the molecule is C1=Cc2ccccc2N(c2ccc(-c3nc4cccnc4n3-c3cccc4cccnc34)cc2)c2ccccc21. The van der Waals surface area contributed by atoms with E-state index in [2.05, 4.69) is 119 Å². The van der Waals surface area contributed by atoms with Crippen LogP contribution in [0, 0.1) is 0 Å². The summed E-state index contributed by atoms with van der Waals surface area (Å²) in [6.45, 7) is 0. The molecule has 4 aromatic carbocycles. The number of nitrogens with zero attached hydrogens (tertiary/aromatic N) is 5. The van der Waals surface area contributed by atoms with Crippen molar-refractivity contribution in [3.05, 3.63) is 139 Å². The van der Waals surface area contributed by atoms with E-state index in [-0.39, 0.29) is 0 Å². The smallest absolute Gasteiger partial charge is 0.165 e. The third kappa shape index (κ3) is 3.52. The number of imidazole rings is 1. The van der Waals surface area contributed by atoms with Gasteiger partial charge in [0.05, 0.1) is 22.6 Å². The minimum atomic E-state index is 0.807. The van der Waals surface area contributed by atoms with Crippen molar-refractivity contribution in [1.29, 1.82) is 0 Å². The summed E-state index contributed by atoms with van der Waals surface area (Å²) in [4.78, 5) is 16.8. The van der Waals surface area contributed by atoms with Crippen molar-refractivity contribution < 1.29 is 0 Å². The average molecular weight is 514 g/mol. The maximum Gasteiger partial charge on any atom is 0.165 e. The third-order valence-corrected chi connectivity index (χ3v) is 7.45. The number of fused-ring (bicyclic) bond motifs is 4. The first-order valence-electron chi connectivity index (χ1n) is 13.3. The Morgan fingerprint density at radius 3 is 1.95 bits per heavy atom. The Labute approximate surface area is 231 Å². The molecule has 40 heavy (non-hydrogen) atoms. The van der Waals surface area contributed by atoms with E-state index in [9.17, 15) is 0 Å². The Kier molecular flexibility index (Phi) is 5.07. The van der Waals surface area contributed by atoms with Crippen LogP contribution < -0.4 is 4.90 Å². The largest absolute Gasteiger partial charge is 0.309 e. The summed E-state index contributed by atoms with van der Waals surface area (Å²) >= 11 is 0. The fraction of sp³-hybridized carbons (Fsp3) is 0. The lowest BCUT2D eigenvalue weighted by Gasteiger charge is -2.27. The molecule has 0 saturated carbocycles. The summed E-state index contributed by atoms with van der Waals surface area (Å²) in [6, 6.07) is 39.9. The molecule has 3 aromatic heterocycles. The maximum absolute atomic E-state index is 5.04. The van der Waals surface area contributed by atoms with Gasteiger partial charge in [0.1, 0.15) is 11.3 Å². The molecule has 0 bridgehead atoms. The van der Waals surface area contributed by atoms with Gasteiger partial charge in [-0.2, -0.15) is 0 Å². The quantitative estimate of drug-likeness (QED) is 0.237. The molecule has 0 radical (unpaired) electrons. The van der Waals surface area contributed by atoms with Gasteiger partial charge in [-0.1, -0.05) is 66.7 Å². The highest BCUT2D eigenvalue weighted by Gasteiger charge is 2.21. The van der Waals surface area contributed by atoms with Crippen LogP contribution in [0.15, 0.2) is 128 Å². The van der Waals surface area contributed by atoms with Gasteiger partial charge in [0.2, 0.25) is 0 Å². The van der Waals surface area contributed by atoms with E-state index in [4.69, 9.17) is 15.0 Å². The Balaban J connectivity index is 1.30. The van der Waals surface area contributed by atoms with Crippen LogP contribution in [0.5, 0.6) is 0 Å². The average Bonchev–Trinajstić information content (AvgIpc) is 3.32. The van der Waals surface area contributed by atoms with E-state index < -0.39 is 0 Å². The number of anilines is 3. The van der Waals surface area contributed by atoms with Crippen LogP contribution in [-0.4, -0.2) is 19.5 Å². The molecule has 8 rings (SSSR count). The first kappa shape index (κ1) is 22.4. The minimum absolute atomic E-state index is 0.807. The highest BCUT2D eigenvalue weighted by molar-refractivity contribution is 5.94. The van der Waals surface area contributed by atoms with Crippen LogP contribution >= 0.6 is 0 Å². The summed E-state index contributed by atoms with van der Waals surface area (Å²) in [5.74, 6) is 0.830. The van der Waals surface area contributed by atoms with Gasteiger partial charge in [0.25, 0.3) is 0 Å².